The van der Waals surface area contributed by atoms with Crippen LogP contribution in [-0.4, -0.2) is 16.7 Å². The van der Waals surface area contributed by atoms with Crippen LogP contribution in [0.15, 0.2) is 18.3 Å². The number of benzene rings is 1. The second-order valence-electron chi connectivity index (χ2n) is 6.30. The van der Waals surface area contributed by atoms with E-state index in [9.17, 15) is 18.3 Å². The number of hydrogen-bond donors (Lipinski definition) is 2. The molecule has 1 heterocycles. The summed E-state index contributed by atoms with van der Waals surface area (Å²) in [5.41, 5.74) is 0.104. The quantitative estimate of drug-likeness (QED) is 0.814. The standard InChI is InChI=1S/C16H19F3N2OS/c1-16(2,3)15-21-7-10(23-15)6-20-13(8-22)9-4-11(17)14(19)12(18)5-9/h4-5,7,13,20,22H,6,8H2,1-3H3. The zero-order valence-corrected chi connectivity index (χ0v) is 14.0. The highest BCUT2D eigenvalue weighted by Gasteiger charge is 2.19. The Hall–Kier alpha value is -1.44. The Morgan fingerprint density at radius 1 is 1.22 bits per heavy atom. The summed E-state index contributed by atoms with van der Waals surface area (Å²) in [5.74, 6) is -4.05. The van der Waals surface area contributed by atoms with E-state index in [1.807, 2.05) is 0 Å². The number of nitrogens with one attached hydrogen (secondary N) is 1. The molecule has 23 heavy (non-hydrogen) atoms. The highest BCUT2D eigenvalue weighted by Crippen LogP contribution is 2.27. The Labute approximate surface area is 137 Å². The van der Waals surface area contributed by atoms with Gasteiger partial charge in [0.2, 0.25) is 0 Å². The summed E-state index contributed by atoms with van der Waals surface area (Å²) in [7, 11) is 0. The maximum atomic E-state index is 13.3. The van der Waals surface area contributed by atoms with Crippen LogP contribution < -0.4 is 5.32 Å². The van der Waals surface area contributed by atoms with Gasteiger partial charge in [0.25, 0.3) is 0 Å². The van der Waals surface area contributed by atoms with Crippen molar-refractivity contribution in [3.8, 4) is 0 Å². The van der Waals surface area contributed by atoms with Gasteiger partial charge in [0.15, 0.2) is 17.5 Å². The van der Waals surface area contributed by atoms with E-state index in [0.717, 1.165) is 22.0 Å². The fourth-order valence-corrected chi connectivity index (χ4v) is 2.94. The van der Waals surface area contributed by atoms with E-state index >= 15 is 0 Å². The molecule has 0 aliphatic heterocycles. The number of aliphatic hydroxyl groups excluding tert-OH is 1. The fraction of sp³-hybridized carbons (Fsp3) is 0.438. The Morgan fingerprint density at radius 2 is 1.83 bits per heavy atom. The van der Waals surface area contributed by atoms with Crippen molar-refractivity contribution in [2.45, 2.75) is 38.8 Å². The molecule has 0 saturated carbocycles. The predicted molar refractivity (Wildman–Crippen MR) is 83.8 cm³/mol. The summed E-state index contributed by atoms with van der Waals surface area (Å²) < 4.78 is 39.6. The molecule has 0 bridgehead atoms. The van der Waals surface area contributed by atoms with Crippen molar-refractivity contribution < 1.29 is 18.3 Å². The van der Waals surface area contributed by atoms with E-state index in [0.29, 0.717) is 6.54 Å². The molecule has 0 aliphatic carbocycles. The van der Waals surface area contributed by atoms with Gasteiger partial charge >= 0.3 is 0 Å². The molecule has 3 nitrogen and oxygen atoms in total. The van der Waals surface area contributed by atoms with E-state index in [1.54, 1.807) is 6.20 Å². The predicted octanol–water partition coefficient (Wildman–Crippen LogP) is 3.68. The lowest BCUT2D eigenvalue weighted by atomic mass is 9.98. The first-order valence-electron chi connectivity index (χ1n) is 7.16. The van der Waals surface area contributed by atoms with Gasteiger partial charge < -0.3 is 10.4 Å². The van der Waals surface area contributed by atoms with Gasteiger partial charge in [-0.25, -0.2) is 18.2 Å². The number of nitrogens with zero attached hydrogens (tertiary/aromatic N) is 1. The first kappa shape index (κ1) is 17.9. The summed E-state index contributed by atoms with van der Waals surface area (Å²) in [6, 6.07) is 1.08. The van der Waals surface area contributed by atoms with Crippen LogP contribution in [-0.2, 0) is 12.0 Å². The number of thiazole rings is 1. The van der Waals surface area contributed by atoms with E-state index in [-0.39, 0.29) is 17.6 Å². The van der Waals surface area contributed by atoms with Gasteiger partial charge in [0, 0.05) is 23.0 Å². The molecular weight excluding hydrogens is 325 g/mol. The summed E-state index contributed by atoms with van der Waals surface area (Å²) >= 11 is 1.53. The smallest absolute Gasteiger partial charge is 0.194 e. The summed E-state index contributed by atoms with van der Waals surface area (Å²) in [6.07, 6.45) is 1.73. The van der Waals surface area contributed by atoms with Crippen molar-refractivity contribution in [1.29, 1.82) is 0 Å². The molecule has 1 unspecified atom stereocenters. The van der Waals surface area contributed by atoms with Crippen molar-refractivity contribution in [3.05, 3.63) is 51.2 Å². The van der Waals surface area contributed by atoms with Crippen LogP contribution in [0.2, 0.25) is 0 Å². The second-order valence-corrected chi connectivity index (χ2v) is 7.41. The van der Waals surface area contributed by atoms with Crippen molar-refractivity contribution in [3.63, 3.8) is 0 Å². The maximum absolute atomic E-state index is 13.3. The second kappa shape index (κ2) is 6.98. The Balaban J connectivity index is 2.10. The van der Waals surface area contributed by atoms with E-state index in [1.165, 1.54) is 11.3 Å². The normalized spacial score (nSPS) is 13.3. The van der Waals surface area contributed by atoms with Gasteiger partial charge in [0.05, 0.1) is 17.7 Å². The number of halogens is 3. The van der Waals surface area contributed by atoms with Gasteiger partial charge in [-0.1, -0.05) is 20.8 Å². The minimum Gasteiger partial charge on any atom is -0.394 e. The number of rotatable bonds is 5. The monoisotopic (exact) mass is 344 g/mol. The number of aromatic nitrogens is 1. The molecule has 1 aromatic heterocycles. The third kappa shape index (κ3) is 4.31. The summed E-state index contributed by atoms with van der Waals surface area (Å²) in [6.45, 7) is 6.20. The third-order valence-corrected chi connectivity index (χ3v) is 4.73. The van der Waals surface area contributed by atoms with Gasteiger partial charge in [0.1, 0.15) is 0 Å². The highest BCUT2D eigenvalue weighted by molar-refractivity contribution is 7.11. The molecule has 0 aliphatic rings. The van der Waals surface area contributed by atoms with Gasteiger partial charge in [-0.3, -0.25) is 0 Å². The molecule has 1 aromatic carbocycles. The number of aliphatic hydroxyl groups is 1. The van der Waals surface area contributed by atoms with E-state index < -0.39 is 23.5 Å². The lowest BCUT2D eigenvalue weighted by molar-refractivity contribution is 0.243. The van der Waals surface area contributed by atoms with Crippen molar-refractivity contribution in [2.24, 2.45) is 0 Å². The molecule has 0 spiro atoms. The van der Waals surface area contributed by atoms with Crippen LogP contribution in [0.25, 0.3) is 0 Å². The average molecular weight is 344 g/mol. The fourth-order valence-electron chi connectivity index (χ4n) is 2.02. The van der Waals surface area contributed by atoms with Gasteiger partial charge in [-0.2, -0.15) is 0 Å². The molecule has 1 atom stereocenters. The molecule has 2 rings (SSSR count). The summed E-state index contributed by atoms with van der Waals surface area (Å²) in [4.78, 5) is 5.29. The van der Waals surface area contributed by atoms with Crippen LogP contribution in [0.4, 0.5) is 13.2 Å². The lowest BCUT2D eigenvalue weighted by Crippen LogP contribution is -2.24. The molecule has 0 amide bonds. The number of hydrogen-bond acceptors (Lipinski definition) is 4. The maximum Gasteiger partial charge on any atom is 0.194 e. The van der Waals surface area contributed by atoms with E-state index in [4.69, 9.17) is 0 Å². The Morgan fingerprint density at radius 3 is 2.30 bits per heavy atom. The molecule has 2 N–H and O–H groups in total. The molecule has 7 heteroatoms. The van der Waals surface area contributed by atoms with Crippen LogP contribution in [0.5, 0.6) is 0 Å². The van der Waals surface area contributed by atoms with Crippen molar-refractivity contribution >= 4 is 11.3 Å². The molecule has 0 fully saturated rings. The van der Waals surface area contributed by atoms with Crippen molar-refractivity contribution in [1.82, 2.24) is 10.3 Å². The van der Waals surface area contributed by atoms with Gasteiger partial charge in [-0.05, 0) is 17.7 Å². The third-order valence-electron chi connectivity index (χ3n) is 3.31. The minimum atomic E-state index is -1.51. The zero-order chi connectivity index (χ0) is 17.2. The Kier molecular flexibility index (Phi) is 5.44. The lowest BCUT2D eigenvalue weighted by Gasteiger charge is -2.17. The van der Waals surface area contributed by atoms with Crippen LogP contribution in [0.3, 0.4) is 0 Å². The molecule has 126 valence electrons. The first-order valence-corrected chi connectivity index (χ1v) is 7.98. The Bertz CT molecular complexity index is 659. The zero-order valence-electron chi connectivity index (χ0n) is 13.2. The molecule has 0 radical (unpaired) electrons. The van der Waals surface area contributed by atoms with Crippen LogP contribution >= 0.6 is 11.3 Å². The van der Waals surface area contributed by atoms with Crippen molar-refractivity contribution in [2.75, 3.05) is 6.61 Å². The van der Waals surface area contributed by atoms with Crippen LogP contribution in [0, 0.1) is 17.5 Å². The highest BCUT2D eigenvalue weighted by atomic mass is 32.1. The minimum absolute atomic E-state index is 0.0531. The van der Waals surface area contributed by atoms with Crippen LogP contribution in [0.1, 0.15) is 42.3 Å². The topological polar surface area (TPSA) is 45.2 Å². The average Bonchev–Trinajstić information content (AvgIpc) is 2.94. The van der Waals surface area contributed by atoms with E-state index in [2.05, 4.69) is 31.1 Å². The SMILES string of the molecule is CC(C)(C)c1ncc(CNC(CO)c2cc(F)c(F)c(F)c2)s1. The molecular formula is C16H19F3N2OS. The molecule has 2 aromatic rings. The largest absolute Gasteiger partial charge is 0.394 e. The molecule has 0 saturated heterocycles. The first-order chi connectivity index (χ1) is 10.7. The van der Waals surface area contributed by atoms with Gasteiger partial charge in [-0.15, -0.1) is 11.3 Å². The summed E-state index contributed by atoms with van der Waals surface area (Å²) in [5, 5.41) is 13.4.